The molecule has 0 atom stereocenters. The molecule has 32 heavy (non-hydrogen) atoms. The van der Waals surface area contributed by atoms with Gasteiger partial charge in [0.25, 0.3) is 0 Å². The monoisotopic (exact) mass is 430 g/mol. The molecule has 1 aliphatic carbocycles. The predicted molar refractivity (Wildman–Crippen MR) is 129 cm³/mol. The zero-order valence-corrected chi connectivity index (χ0v) is 18.5. The summed E-state index contributed by atoms with van der Waals surface area (Å²) in [6.07, 6.45) is 12.8. The van der Waals surface area contributed by atoms with Crippen molar-refractivity contribution in [1.82, 2.24) is 25.1 Å². The topological polar surface area (TPSA) is 118 Å². The van der Waals surface area contributed by atoms with Gasteiger partial charge in [-0.2, -0.15) is 5.10 Å². The van der Waals surface area contributed by atoms with Crippen LogP contribution >= 0.6 is 0 Å². The van der Waals surface area contributed by atoms with Gasteiger partial charge in [0, 0.05) is 73.3 Å². The largest absolute Gasteiger partial charge is 0.393 e. The average molecular weight is 431 g/mol. The summed E-state index contributed by atoms with van der Waals surface area (Å²) >= 11 is 0. The van der Waals surface area contributed by atoms with Crippen LogP contribution in [0.4, 0.5) is 5.82 Å². The number of hydrogen-bond donors (Lipinski definition) is 4. The van der Waals surface area contributed by atoms with Crippen molar-refractivity contribution in [1.29, 1.82) is 5.41 Å². The Bertz CT molecular complexity index is 1110. The molecule has 0 saturated heterocycles. The molecule has 2 heterocycles. The minimum atomic E-state index is 0.282. The molecular weight excluding hydrogens is 400 g/mol. The van der Waals surface area contributed by atoms with E-state index in [9.17, 15) is 0 Å². The highest BCUT2D eigenvalue weighted by atomic mass is 15.2. The highest BCUT2D eigenvalue weighted by Crippen LogP contribution is 2.29. The van der Waals surface area contributed by atoms with E-state index in [0.717, 1.165) is 59.3 Å². The van der Waals surface area contributed by atoms with Crippen LogP contribution in [0.2, 0.25) is 0 Å². The molecule has 0 spiro atoms. The van der Waals surface area contributed by atoms with E-state index in [1.807, 2.05) is 38.6 Å². The SMILES string of the molecule is CN/C=C(\C=N)c1cnc(-c2cccc(-c3cnn(C)c3)c2)nc1N[C@H]1CC[C@@H](N)CC1. The van der Waals surface area contributed by atoms with Crippen molar-refractivity contribution in [3.05, 3.63) is 54.6 Å². The number of aromatic nitrogens is 4. The third kappa shape index (κ3) is 4.86. The highest BCUT2D eigenvalue weighted by molar-refractivity contribution is 6.10. The molecule has 5 N–H and O–H groups in total. The number of rotatable bonds is 7. The molecule has 1 saturated carbocycles. The van der Waals surface area contributed by atoms with E-state index < -0.39 is 0 Å². The van der Waals surface area contributed by atoms with Gasteiger partial charge in [-0.15, -0.1) is 0 Å². The number of aryl methyl sites for hydroxylation is 1. The van der Waals surface area contributed by atoms with E-state index in [1.54, 1.807) is 17.1 Å². The van der Waals surface area contributed by atoms with E-state index in [1.165, 1.54) is 6.21 Å². The van der Waals surface area contributed by atoms with Gasteiger partial charge in [0.2, 0.25) is 0 Å². The maximum absolute atomic E-state index is 7.85. The second-order valence-electron chi connectivity index (χ2n) is 8.23. The minimum absolute atomic E-state index is 0.282. The Labute approximate surface area is 188 Å². The number of hydrogen-bond acceptors (Lipinski definition) is 7. The van der Waals surface area contributed by atoms with Crippen LogP contribution in [0.1, 0.15) is 31.2 Å². The van der Waals surface area contributed by atoms with Crippen molar-refractivity contribution in [2.24, 2.45) is 12.8 Å². The molecule has 1 fully saturated rings. The summed E-state index contributed by atoms with van der Waals surface area (Å²) in [5.74, 6) is 1.38. The second-order valence-corrected chi connectivity index (χ2v) is 8.23. The van der Waals surface area contributed by atoms with E-state index in [0.29, 0.717) is 11.9 Å². The van der Waals surface area contributed by atoms with Crippen molar-refractivity contribution in [3.8, 4) is 22.5 Å². The molecule has 4 rings (SSSR count). The van der Waals surface area contributed by atoms with Gasteiger partial charge in [-0.25, -0.2) is 9.97 Å². The molecule has 0 bridgehead atoms. The third-order valence-electron chi connectivity index (χ3n) is 5.83. The van der Waals surface area contributed by atoms with Gasteiger partial charge in [-0.05, 0) is 37.3 Å². The van der Waals surface area contributed by atoms with Crippen LogP contribution in [0.25, 0.3) is 28.1 Å². The summed E-state index contributed by atoms with van der Waals surface area (Å²) in [7, 11) is 3.73. The van der Waals surface area contributed by atoms with Gasteiger partial charge < -0.3 is 21.8 Å². The van der Waals surface area contributed by atoms with Crippen LogP contribution in [0.15, 0.2) is 49.1 Å². The number of allylic oxidation sites excluding steroid dienone is 1. The second kappa shape index (κ2) is 9.74. The lowest BCUT2D eigenvalue weighted by atomic mass is 9.91. The van der Waals surface area contributed by atoms with Crippen LogP contribution < -0.4 is 16.4 Å². The number of anilines is 1. The summed E-state index contributed by atoms with van der Waals surface area (Å²) in [5.41, 5.74) is 10.7. The lowest BCUT2D eigenvalue weighted by Crippen LogP contribution is -2.33. The van der Waals surface area contributed by atoms with E-state index in [2.05, 4.69) is 32.8 Å². The first-order valence-electron chi connectivity index (χ1n) is 10.9. The summed E-state index contributed by atoms with van der Waals surface area (Å²) < 4.78 is 1.79. The van der Waals surface area contributed by atoms with Gasteiger partial charge in [-0.3, -0.25) is 4.68 Å². The Kier molecular flexibility index (Phi) is 6.61. The van der Waals surface area contributed by atoms with E-state index in [-0.39, 0.29) is 6.04 Å². The molecule has 166 valence electrons. The van der Waals surface area contributed by atoms with Crippen molar-refractivity contribution >= 4 is 17.6 Å². The highest BCUT2D eigenvalue weighted by Gasteiger charge is 2.21. The van der Waals surface area contributed by atoms with Gasteiger partial charge in [0.05, 0.1) is 6.20 Å². The molecule has 1 aliphatic rings. The zero-order valence-electron chi connectivity index (χ0n) is 18.5. The van der Waals surface area contributed by atoms with Crippen LogP contribution in [-0.4, -0.2) is 45.1 Å². The average Bonchev–Trinajstić information content (AvgIpc) is 3.25. The lowest BCUT2D eigenvalue weighted by Gasteiger charge is -2.28. The fourth-order valence-electron chi connectivity index (χ4n) is 4.06. The van der Waals surface area contributed by atoms with Crippen LogP contribution in [0, 0.1) is 5.41 Å². The lowest BCUT2D eigenvalue weighted by molar-refractivity contribution is 0.410. The number of benzene rings is 1. The first kappa shape index (κ1) is 21.7. The van der Waals surface area contributed by atoms with Gasteiger partial charge >= 0.3 is 0 Å². The molecular formula is C24H30N8. The van der Waals surface area contributed by atoms with Gasteiger partial charge in [0.15, 0.2) is 5.82 Å². The molecule has 8 nitrogen and oxygen atoms in total. The normalized spacial score (nSPS) is 18.9. The molecule has 8 heteroatoms. The summed E-state index contributed by atoms with van der Waals surface area (Å²) in [6, 6.07) is 8.75. The van der Waals surface area contributed by atoms with Crippen molar-refractivity contribution in [2.75, 3.05) is 12.4 Å². The summed E-state index contributed by atoms with van der Waals surface area (Å²) in [6.45, 7) is 0. The maximum Gasteiger partial charge on any atom is 0.161 e. The van der Waals surface area contributed by atoms with Crippen LogP contribution in [0.3, 0.4) is 0 Å². The van der Waals surface area contributed by atoms with Crippen molar-refractivity contribution in [3.63, 3.8) is 0 Å². The fourth-order valence-corrected chi connectivity index (χ4v) is 4.06. The summed E-state index contributed by atoms with van der Waals surface area (Å²) in [5, 5.41) is 18.7. The molecule has 0 unspecified atom stereocenters. The quantitative estimate of drug-likeness (QED) is 0.427. The molecule has 1 aromatic carbocycles. The van der Waals surface area contributed by atoms with Crippen molar-refractivity contribution in [2.45, 2.75) is 37.8 Å². The Hall–Kier alpha value is -3.52. The standard InChI is InChI=1S/C24H30N8/c1-27-12-18(11-25)22-14-28-23(31-24(22)30-21-8-6-20(26)7-9-21)17-5-3-4-16(10-17)19-13-29-32(2)15-19/h3-5,10-15,20-21,25,27H,6-9,26H2,1-2H3,(H,28,30,31)/b18-12+,25-11?/t20-,21+. The minimum Gasteiger partial charge on any atom is -0.393 e. The number of nitrogens with zero attached hydrogens (tertiary/aromatic N) is 4. The molecule has 0 amide bonds. The Morgan fingerprint density at radius 1 is 1.16 bits per heavy atom. The van der Waals surface area contributed by atoms with Crippen molar-refractivity contribution < 1.29 is 0 Å². The van der Waals surface area contributed by atoms with Gasteiger partial charge in [0.1, 0.15) is 5.82 Å². The predicted octanol–water partition coefficient (Wildman–Crippen LogP) is 3.44. The summed E-state index contributed by atoms with van der Waals surface area (Å²) in [4.78, 5) is 9.54. The van der Waals surface area contributed by atoms with E-state index in [4.69, 9.17) is 16.1 Å². The zero-order chi connectivity index (χ0) is 22.5. The first-order chi connectivity index (χ1) is 15.6. The Morgan fingerprint density at radius 3 is 2.62 bits per heavy atom. The Morgan fingerprint density at radius 2 is 1.94 bits per heavy atom. The number of nitrogens with two attached hydrogens (primary N) is 1. The number of nitrogens with one attached hydrogen (secondary N) is 3. The van der Waals surface area contributed by atoms with Gasteiger partial charge in [-0.1, -0.05) is 18.2 Å². The fraction of sp³-hybridized carbons (Fsp3) is 0.333. The van der Waals surface area contributed by atoms with Crippen LogP contribution in [0.5, 0.6) is 0 Å². The first-order valence-corrected chi connectivity index (χ1v) is 10.9. The molecule has 0 radical (unpaired) electrons. The Balaban J connectivity index is 1.70. The molecule has 0 aliphatic heterocycles. The third-order valence-corrected chi connectivity index (χ3v) is 5.83. The molecule has 2 aromatic heterocycles. The van der Waals surface area contributed by atoms with E-state index >= 15 is 0 Å². The maximum atomic E-state index is 7.85. The molecule has 3 aromatic rings. The van der Waals surface area contributed by atoms with Crippen LogP contribution in [-0.2, 0) is 7.05 Å². The smallest absolute Gasteiger partial charge is 0.161 e.